The first-order valence-electron chi connectivity index (χ1n) is 6.27. The standard InChI is InChI=1S/C15H17N3O/c1-3-12-4-6-13(7-5-12)8-9-14(19)17-15-11(2)10-16-18-15/h4-10H,3H2,1-2H3,(H2,16,17,18,19)/b9-8+. The van der Waals surface area contributed by atoms with Crippen LogP contribution in [0.1, 0.15) is 23.6 Å². The molecular formula is C15H17N3O. The maximum absolute atomic E-state index is 11.7. The second-order valence-electron chi connectivity index (χ2n) is 4.35. The van der Waals surface area contributed by atoms with Crippen molar-refractivity contribution in [3.8, 4) is 0 Å². The monoisotopic (exact) mass is 255 g/mol. The molecule has 0 radical (unpaired) electrons. The fourth-order valence-electron chi connectivity index (χ4n) is 1.67. The number of nitrogens with zero attached hydrogens (tertiary/aromatic N) is 1. The molecule has 19 heavy (non-hydrogen) atoms. The van der Waals surface area contributed by atoms with Crippen molar-refractivity contribution < 1.29 is 4.79 Å². The molecule has 0 aliphatic carbocycles. The summed E-state index contributed by atoms with van der Waals surface area (Å²) in [5.74, 6) is 0.461. The maximum atomic E-state index is 11.7. The van der Waals surface area contributed by atoms with E-state index in [9.17, 15) is 4.79 Å². The number of hydrogen-bond acceptors (Lipinski definition) is 2. The number of H-pyrrole nitrogens is 1. The number of benzene rings is 1. The van der Waals surface area contributed by atoms with E-state index in [1.54, 1.807) is 12.3 Å². The highest BCUT2D eigenvalue weighted by molar-refractivity contribution is 6.01. The zero-order valence-corrected chi connectivity index (χ0v) is 11.1. The summed E-state index contributed by atoms with van der Waals surface area (Å²) in [6.07, 6.45) is 5.99. The van der Waals surface area contributed by atoms with Crippen LogP contribution < -0.4 is 5.32 Å². The average molecular weight is 255 g/mol. The van der Waals surface area contributed by atoms with Gasteiger partial charge in [-0.05, 0) is 30.5 Å². The summed E-state index contributed by atoms with van der Waals surface area (Å²) in [7, 11) is 0. The Morgan fingerprint density at radius 1 is 1.37 bits per heavy atom. The largest absolute Gasteiger partial charge is 0.307 e. The second-order valence-corrected chi connectivity index (χ2v) is 4.35. The van der Waals surface area contributed by atoms with E-state index in [4.69, 9.17) is 0 Å². The lowest BCUT2D eigenvalue weighted by Crippen LogP contribution is -2.08. The van der Waals surface area contributed by atoms with Crippen LogP contribution in [0, 0.1) is 6.92 Å². The van der Waals surface area contributed by atoms with E-state index in [2.05, 4.69) is 34.6 Å². The quantitative estimate of drug-likeness (QED) is 0.825. The number of aromatic amines is 1. The second kappa shape index (κ2) is 6.00. The molecule has 1 aromatic heterocycles. The third kappa shape index (κ3) is 3.55. The lowest BCUT2D eigenvalue weighted by Gasteiger charge is -2.00. The predicted molar refractivity (Wildman–Crippen MR) is 76.8 cm³/mol. The van der Waals surface area contributed by atoms with Gasteiger partial charge in [0, 0.05) is 11.6 Å². The number of nitrogens with one attached hydrogen (secondary N) is 2. The molecule has 0 aliphatic rings. The summed E-state index contributed by atoms with van der Waals surface area (Å²) in [5, 5.41) is 9.32. The van der Waals surface area contributed by atoms with Crippen molar-refractivity contribution in [3.05, 3.63) is 53.2 Å². The number of aromatic nitrogens is 2. The smallest absolute Gasteiger partial charge is 0.249 e. The highest BCUT2D eigenvalue weighted by atomic mass is 16.1. The molecule has 1 aromatic carbocycles. The van der Waals surface area contributed by atoms with Crippen LogP contribution in [0.25, 0.3) is 6.08 Å². The molecule has 0 bridgehead atoms. The maximum Gasteiger partial charge on any atom is 0.249 e. The fraction of sp³-hybridized carbons (Fsp3) is 0.200. The van der Waals surface area contributed by atoms with E-state index in [-0.39, 0.29) is 5.91 Å². The third-order valence-corrected chi connectivity index (χ3v) is 2.89. The molecular weight excluding hydrogens is 238 g/mol. The molecule has 1 amide bonds. The van der Waals surface area contributed by atoms with Gasteiger partial charge in [-0.3, -0.25) is 9.89 Å². The molecule has 0 spiro atoms. The molecule has 0 unspecified atom stereocenters. The summed E-state index contributed by atoms with van der Waals surface area (Å²) >= 11 is 0. The minimum Gasteiger partial charge on any atom is -0.307 e. The van der Waals surface area contributed by atoms with Gasteiger partial charge in [-0.25, -0.2) is 0 Å². The highest BCUT2D eigenvalue weighted by Gasteiger charge is 2.02. The Kier molecular flexibility index (Phi) is 4.13. The molecule has 1 heterocycles. The van der Waals surface area contributed by atoms with E-state index >= 15 is 0 Å². The zero-order chi connectivity index (χ0) is 13.7. The number of carbonyl (C=O) groups is 1. The number of aryl methyl sites for hydroxylation is 2. The van der Waals surface area contributed by atoms with Crippen LogP contribution in [0.2, 0.25) is 0 Å². The van der Waals surface area contributed by atoms with Crippen LogP contribution >= 0.6 is 0 Å². The van der Waals surface area contributed by atoms with E-state index in [0.717, 1.165) is 17.5 Å². The van der Waals surface area contributed by atoms with Crippen molar-refractivity contribution in [1.29, 1.82) is 0 Å². The summed E-state index contributed by atoms with van der Waals surface area (Å²) < 4.78 is 0. The SMILES string of the molecule is CCc1ccc(/C=C/C(=O)Nc2[nH]ncc2C)cc1. The van der Waals surface area contributed by atoms with Crippen LogP contribution in [-0.4, -0.2) is 16.1 Å². The Bertz CT molecular complexity index is 582. The Morgan fingerprint density at radius 2 is 2.11 bits per heavy atom. The van der Waals surface area contributed by atoms with Gasteiger partial charge in [0.15, 0.2) is 0 Å². The number of amides is 1. The first-order chi connectivity index (χ1) is 9.19. The molecule has 0 fully saturated rings. The zero-order valence-electron chi connectivity index (χ0n) is 11.1. The van der Waals surface area contributed by atoms with Crippen LogP contribution in [0.4, 0.5) is 5.82 Å². The Labute approximate surface area is 112 Å². The molecule has 0 atom stereocenters. The van der Waals surface area contributed by atoms with Crippen molar-refractivity contribution in [1.82, 2.24) is 10.2 Å². The topological polar surface area (TPSA) is 57.8 Å². The minimum atomic E-state index is -0.174. The molecule has 2 rings (SSSR count). The molecule has 4 heteroatoms. The first kappa shape index (κ1) is 13.1. The van der Waals surface area contributed by atoms with Crippen molar-refractivity contribution in [2.75, 3.05) is 5.32 Å². The molecule has 0 aliphatic heterocycles. The van der Waals surface area contributed by atoms with Crippen LogP contribution in [0.15, 0.2) is 36.5 Å². The van der Waals surface area contributed by atoms with Gasteiger partial charge in [0.25, 0.3) is 0 Å². The number of hydrogen-bond donors (Lipinski definition) is 2. The van der Waals surface area contributed by atoms with Crippen LogP contribution in [-0.2, 0) is 11.2 Å². The van der Waals surface area contributed by atoms with Gasteiger partial charge in [-0.2, -0.15) is 5.10 Å². The van der Waals surface area contributed by atoms with Gasteiger partial charge < -0.3 is 5.32 Å². The molecule has 2 N–H and O–H groups in total. The van der Waals surface area contributed by atoms with Gasteiger partial charge >= 0.3 is 0 Å². The van der Waals surface area contributed by atoms with E-state index in [0.29, 0.717) is 5.82 Å². The Balaban J connectivity index is 1.97. The normalized spacial score (nSPS) is 10.8. The van der Waals surface area contributed by atoms with E-state index in [1.807, 2.05) is 19.1 Å². The lowest BCUT2D eigenvalue weighted by molar-refractivity contribution is -0.111. The molecule has 4 nitrogen and oxygen atoms in total. The van der Waals surface area contributed by atoms with Gasteiger partial charge in [-0.1, -0.05) is 31.2 Å². The van der Waals surface area contributed by atoms with Gasteiger partial charge in [0.2, 0.25) is 5.91 Å². The van der Waals surface area contributed by atoms with E-state index < -0.39 is 0 Å². The minimum absolute atomic E-state index is 0.174. The summed E-state index contributed by atoms with van der Waals surface area (Å²) in [6.45, 7) is 4.00. The number of rotatable bonds is 4. The van der Waals surface area contributed by atoms with Gasteiger partial charge in [0.05, 0.1) is 6.20 Å². The first-order valence-corrected chi connectivity index (χ1v) is 6.27. The molecule has 0 saturated carbocycles. The van der Waals surface area contributed by atoms with E-state index in [1.165, 1.54) is 11.6 Å². The van der Waals surface area contributed by atoms with Crippen molar-refractivity contribution in [2.45, 2.75) is 20.3 Å². The Morgan fingerprint density at radius 3 is 2.68 bits per heavy atom. The summed E-state index contributed by atoms with van der Waals surface area (Å²) in [5.41, 5.74) is 3.21. The molecule has 0 saturated heterocycles. The Hall–Kier alpha value is -2.36. The predicted octanol–water partition coefficient (Wildman–Crippen LogP) is 2.93. The fourth-order valence-corrected chi connectivity index (χ4v) is 1.67. The van der Waals surface area contributed by atoms with Crippen molar-refractivity contribution in [2.24, 2.45) is 0 Å². The summed E-state index contributed by atoms with van der Waals surface area (Å²) in [6, 6.07) is 8.14. The van der Waals surface area contributed by atoms with Crippen LogP contribution in [0.5, 0.6) is 0 Å². The third-order valence-electron chi connectivity index (χ3n) is 2.89. The molecule has 98 valence electrons. The van der Waals surface area contributed by atoms with Gasteiger partial charge in [-0.15, -0.1) is 0 Å². The van der Waals surface area contributed by atoms with Gasteiger partial charge in [0.1, 0.15) is 5.82 Å². The van der Waals surface area contributed by atoms with Crippen molar-refractivity contribution in [3.63, 3.8) is 0 Å². The number of carbonyl (C=O) groups excluding carboxylic acids is 1. The average Bonchev–Trinajstić information content (AvgIpc) is 2.82. The van der Waals surface area contributed by atoms with Crippen LogP contribution in [0.3, 0.4) is 0 Å². The summed E-state index contributed by atoms with van der Waals surface area (Å²) in [4.78, 5) is 11.7. The van der Waals surface area contributed by atoms with Crippen molar-refractivity contribution >= 4 is 17.8 Å². The lowest BCUT2D eigenvalue weighted by atomic mass is 10.1. The number of anilines is 1. The highest BCUT2D eigenvalue weighted by Crippen LogP contribution is 2.09. The molecule has 2 aromatic rings.